The zero-order valence-corrected chi connectivity index (χ0v) is 16.2. The van der Waals surface area contributed by atoms with Crippen molar-refractivity contribution in [1.29, 1.82) is 0 Å². The number of nitrogens with one attached hydrogen (secondary N) is 2. The van der Waals surface area contributed by atoms with E-state index >= 15 is 0 Å². The third-order valence-electron chi connectivity index (χ3n) is 6.11. The minimum atomic E-state index is -0.468. The molecular formula is C20H23N5O4. The highest BCUT2D eigenvalue weighted by molar-refractivity contribution is 5.99. The van der Waals surface area contributed by atoms with E-state index in [1.54, 1.807) is 25.1 Å². The summed E-state index contributed by atoms with van der Waals surface area (Å²) in [6, 6.07) is 5.01. The first-order valence-corrected chi connectivity index (χ1v) is 9.98. The van der Waals surface area contributed by atoms with Gasteiger partial charge < -0.3 is 24.7 Å². The number of carbonyl (C=O) groups is 2. The monoisotopic (exact) mass is 397 g/mol. The maximum Gasteiger partial charge on any atom is 0.316 e. The Morgan fingerprint density at radius 1 is 1.24 bits per heavy atom. The van der Waals surface area contributed by atoms with Crippen LogP contribution in [0.2, 0.25) is 0 Å². The van der Waals surface area contributed by atoms with E-state index in [4.69, 9.17) is 9.15 Å². The Kier molecular flexibility index (Phi) is 4.18. The van der Waals surface area contributed by atoms with E-state index in [2.05, 4.69) is 20.8 Å². The molecule has 5 rings (SSSR count). The lowest BCUT2D eigenvalue weighted by Gasteiger charge is -2.33. The van der Waals surface area contributed by atoms with Crippen LogP contribution in [-0.2, 0) is 9.59 Å². The van der Waals surface area contributed by atoms with E-state index in [1.165, 1.54) is 12.8 Å². The molecule has 1 atom stereocenters. The van der Waals surface area contributed by atoms with Crippen LogP contribution in [0.25, 0.3) is 11.5 Å². The molecule has 0 unspecified atom stereocenters. The van der Waals surface area contributed by atoms with E-state index in [0.29, 0.717) is 22.4 Å². The summed E-state index contributed by atoms with van der Waals surface area (Å²) in [7, 11) is 0. The lowest BCUT2D eigenvalue weighted by atomic mass is 9.93. The van der Waals surface area contributed by atoms with Crippen molar-refractivity contribution in [2.45, 2.75) is 38.6 Å². The molecule has 2 amide bonds. The molecule has 29 heavy (non-hydrogen) atoms. The first-order valence-electron chi connectivity index (χ1n) is 9.98. The molecule has 0 bridgehead atoms. The van der Waals surface area contributed by atoms with Gasteiger partial charge in [-0.2, -0.15) is 0 Å². The number of aromatic nitrogens is 2. The molecule has 2 aromatic rings. The number of fused-ring (bicyclic) bond motifs is 1. The number of amides is 2. The minimum absolute atomic E-state index is 0.0235. The van der Waals surface area contributed by atoms with E-state index in [-0.39, 0.29) is 30.3 Å². The van der Waals surface area contributed by atoms with Gasteiger partial charge in [0.15, 0.2) is 6.61 Å². The molecule has 9 heteroatoms. The van der Waals surface area contributed by atoms with E-state index in [9.17, 15) is 9.59 Å². The molecule has 1 saturated heterocycles. The van der Waals surface area contributed by atoms with Gasteiger partial charge in [-0.25, -0.2) is 0 Å². The molecule has 0 radical (unpaired) electrons. The summed E-state index contributed by atoms with van der Waals surface area (Å²) < 4.78 is 11.1. The average Bonchev–Trinajstić information content (AvgIpc) is 3.32. The summed E-state index contributed by atoms with van der Waals surface area (Å²) in [6.45, 7) is 3.40. The van der Waals surface area contributed by atoms with Crippen LogP contribution in [0.15, 0.2) is 22.6 Å². The van der Waals surface area contributed by atoms with Gasteiger partial charge >= 0.3 is 6.01 Å². The van der Waals surface area contributed by atoms with Crippen molar-refractivity contribution < 1.29 is 18.7 Å². The minimum Gasteiger partial charge on any atom is -0.482 e. The molecule has 2 N–H and O–H groups in total. The number of carbonyl (C=O) groups excluding carboxylic acids is 2. The third kappa shape index (κ3) is 3.41. The predicted molar refractivity (Wildman–Crippen MR) is 104 cm³/mol. The van der Waals surface area contributed by atoms with Gasteiger partial charge in [-0.15, -0.1) is 5.10 Å². The fraction of sp³-hybridized carbons (Fsp3) is 0.500. The summed E-state index contributed by atoms with van der Waals surface area (Å²) in [6.07, 6.45) is 4.82. The van der Waals surface area contributed by atoms with Gasteiger partial charge in [0.2, 0.25) is 5.91 Å². The lowest BCUT2D eigenvalue weighted by molar-refractivity contribution is -0.133. The zero-order chi connectivity index (χ0) is 20.0. The molecule has 152 valence electrons. The van der Waals surface area contributed by atoms with Gasteiger partial charge in [0.25, 0.3) is 11.8 Å². The summed E-state index contributed by atoms with van der Waals surface area (Å²) >= 11 is 0. The summed E-state index contributed by atoms with van der Waals surface area (Å²) in [5.41, 5.74) is 1.61. The number of rotatable bonds is 4. The van der Waals surface area contributed by atoms with Crippen LogP contribution in [-0.4, -0.2) is 52.6 Å². The van der Waals surface area contributed by atoms with Gasteiger partial charge in [0.1, 0.15) is 11.8 Å². The van der Waals surface area contributed by atoms with E-state index < -0.39 is 6.04 Å². The van der Waals surface area contributed by atoms with Crippen molar-refractivity contribution in [2.75, 3.05) is 30.3 Å². The second-order valence-electron chi connectivity index (χ2n) is 8.12. The number of anilines is 2. The van der Waals surface area contributed by atoms with Gasteiger partial charge in [-0.3, -0.25) is 9.59 Å². The highest BCUT2D eigenvalue weighted by Gasteiger charge is 2.45. The summed E-state index contributed by atoms with van der Waals surface area (Å²) in [4.78, 5) is 26.3. The van der Waals surface area contributed by atoms with Gasteiger partial charge in [-0.05, 0) is 50.2 Å². The summed E-state index contributed by atoms with van der Waals surface area (Å²) in [5, 5.41) is 13.9. The van der Waals surface area contributed by atoms with Crippen LogP contribution in [0.1, 0.15) is 32.6 Å². The number of nitrogens with zero attached hydrogens (tertiary/aromatic N) is 3. The smallest absolute Gasteiger partial charge is 0.316 e. The van der Waals surface area contributed by atoms with Gasteiger partial charge in [-0.1, -0.05) is 11.2 Å². The van der Waals surface area contributed by atoms with Crippen LogP contribution in [0.3, 0.4) is 0 Å². The van der Waals surface area contributed by atoms with Gasteiger partial charge in [0, 0.05) is 13.1 Å². The lowest BCUT2D eigenvalue weighted by Crippen LogP contribution is -2.45. The maximum absolute atomic E-state index is 12.7. The third-order valence-corrected chi connectivity index (χ3v) is 6.11. The Balaban J connectivity index is 1.27. The SMILES string of the molecule is C[C@@H](Nc1nnc(-c2cccc3c2NC(=O)CO3)o1)C(=O)N1CCC2(CC1)CC2. The van der Waals surface area contributed by atoms with Crippen LogP contribution in [0, 0.1) is 5.41 Å². The number of piperidine rings is 1. The number of likely N-dealkylation sites (tertiary alicyclic amines) is 1. The van der Waals surface area contributed by atoms with Crippen molar-refractivity contribution >= 4 is 23.5 Å². The molecule has 9 nitrogen and oxygen atoms in total. The van der Waals surface area contributed by atoms with E-state index in [0.717, 1.165) is 25.9 Å². The van der Waals surface area contributed by atoms with Crippen molar-refractivity contribution in [3.05, 3.63) is 18.2 Å². The highest BCUT2D eigenvalue weighted by atomic mass is 16.5. The van der Waals surface area contributed by atoms with Gasteiger partial charge in [0.05, 0.1) is 11.3 Å². The molecule has 3 aliphatic rings. The van der Waals surface area contributed by atoms with Crippen molar-refractivity contribution in [3.8, 4) is 17.2 Å². The largest absolute Gasteiger partial charge is 0.482 e. The second kappa shape index (κ2) is 6.75. The van der Waals surface area contributed by atoms with Crippen LogP contribution < -0.4 is 15.4 Å². The molecule has 1 aliphatic carbocycles. The Morgan fingerprint density at radius 2 is 2.03 bits per heavy atom. The molecule has 1 aromatic heterocycles. The number of benzene rings is 1. The molecule has 3 heterocycles. The van der Waals surface area contributed by atoms with Crippen LogP contribution in [0.4, 0.5) is 11.7 Å². The second-order valence-corrected chi connectivity index (χ2v) is 8.12. The Bertz CT molecular complexity index is 958. The van der Waals surface area contributed by atoms with Crippen molar-refractivity contribution in [1.82, 2.24) is 15.1 Å². The number of para-hydroxylation sites is 1. The summed E-state index contributed by atoms with van der Waals surface area (Å²) in [5.74, 6) is 0.592. The predicted octanol–water partition coefficient (Wildman–Crippen LogP) is 2.27. The Hall–Kier alpha value is -3.10. The average molecular weight is 397 g/mol. The molecule has 1 spiro atoms. The van der Waals surface area contributed by atoms with E-state index in [1.807, 2.05) is 4.90 Å². The van der Waals surface area contributed by atoms with Crippen LogP contribution in [0.5, 0.6) is 5.75 Å². The van der Waals surface area contributed by atoms with Crippen molar-refractivity contribution in [2.24, 2.45) is 5.41 Å². The Morgan fingerprint density at radius 3 is 2.79 bits per heavy atom. The topological polar surface area (TPSA) is 110 Å². The quantitative estimate of drug-likeness (QED) is 0.814. The fourth-order valence-corrected chi connectivity index (χ4v) is 4.07. The molecule has 1 saturated carbocycles. The van der Waals surface area contributed by atoms with Crippen LogP contribution >= 0.6 is 0 Å². The number of ether oxygens (including phenoxy) is 1. The zero-order valence-electron chi connectivity index (χ0n) is 16.2. The normalized spacial score (nSPS) is 20.4. The first-order chi connectivity index (χ1) is 14.0. The van der Waals surface area contributed by atoms with Crippen molar-refractivity contribution in [3.63, 3.8) is 0 Å². The fourth-order valence-electron chi connectivity index (χ4n) is 4.07. The number of hydrogen-bond acceptors (Lipinski definition) is 7. The standard InChI is InChI=1S/C20H23N5O4/c1-12(18(27)25-9-7-20(5-6-20)8-10-25)21-19-24-23-17(29-19)13-3-2-4-14-16(13)22-15(26)11-28-14/h2-4,12H,5-11H2,1H3,(H,21,24)(H,22,26)/t12-/m1/s1. The molecule has 2 fully saturated rings. The Labute approximate surface area is 167 Å². The molecule has 2 aliphatic heterocycles. The maximum atomic E-state index is 12.7. The molecule has 1 aromatic carbocycles. The highest BCUT2D eigenvalue weighted by Crippen LogP contribution is 2.53. The molecular weight excluding hydrogens is 374 g/mol. The first kappa shape index (κ1) is 18.0. The number of hydrogen-bond donors (Lipinski definition) is 2.